The summed E-state index contributed by atoms with van der Waals surface area (Å²) in [5, 5.41) is 2.00. The molecule has 0 unspecified atom stereocenters. The van der Waals surface area contributed by atoms with Crippen LogP contribution in [0, 0.1) is 0 Å². The summed E-state index contributed by atoms with van der Waals surface area (Å²) < 4.78 is 0. The topological polar surface area (TPSA) is 30.0 Å². The number of nitrogens with zero attached hydrogens (tertiary/aromatic N) is 1. The Morgan fingerprint density at radius 3 is 2.78 bits per heavy atom. The standard InChI is InChI=1S/C14H19NOS2/c16-11-7-4-8-12-14(11)15-13(18-12)9-17-10-5-2-1-3-6-10/h10H,1-9H2. The van der Waals surface area contributed by atoms with E-state index in [1.165, 1.54) is 42.0 Å². The Labute approximate surface area is 117 Å². The molecule has 1 saturated carbocycles. The molecule has 0 aromatic carbocycles. The van der Waals surface area contributed by atoms with E-state index in [4.69, 9.17) is 0 Å². The number of fused-ring (bicyclic) bond motifs is 1. The average molecular weight is 281 g/mol. The predicted molar refractivity (Wildman–Crippen MR) is 77.6 cm³/mol. The maximum absolute atomic E-state index is 11.7. The van der Waals surface area contributed by atoms with Gasteiger partial charge in [0.05, 0.1) is 0 Å². The lowest BCUT2D eigenvalue weighted by Crippen LogP contribution is -2.09. The fraction of sp³-hybridized carbons (Fsp3) is 0.714. The summed E-state index contributed by atoms with van der Waals surface area (Å²) in [4.78, 5) is 17.5. The van der Waals surface area contributed by atoms with Crippen molar-refractivity contribution in [1.82, 2.24) is 4.98 Å². The van der Waals surface area contributed by atoms with E-state index in [0.717, 1.165) is 29.5 Å². The van der Waals surface area contributed by atoms with E-state index in [2.05, 4.69) is 16.7 Å². The number of aryl methyl sites for hydroxylation is 1. The Hall–Kier alpha value is -0.350. The minimum Gasteiger partial charge on any atom is -0.292 e. The van der Waals surface area contributed by atoms with Crippen molar-refractivity contribution >= 4 is 28.9 Å². The van der Waals surface area contributed by atoms with Crippen LogP contribution >= 0.6 is 23.1 Å². The van der Waals surface area contributed by atoms with Gasteiger partial charge in [0, 0.05) is 22.3 Å². The summed E-state index contributed by atoms with van der Waals surface area (Å²) in [5.41, 5.74) is 0.797. The highest BCUT2D eigenvalue weighted by Gasteiger charge is 2.22. The molecule has 1 heterocycles. The first kappa shape index (κ1) is 12.7. The van der Waals surface area contributed by atoms with Crippen molar-refractivity contribution in [1.29, 1.82) is 0 Å². The van der Waals surface area contributed by atoms with Crippen LogP contribution in [0.1, 0.15) is 65.3 Å². The molecule has 4 heteroatoms. The fourth-order valence-electron chi connectivity index (χ4n) is 2.80. The molecule has 2 aliphatic rings. The Morgan fingerprint density at radius 2 is 2.00 bits per heavy atom. The third kappa shape index (κ3) is 2.80. The highest BCUT2D eigenvalue weighted by molar-refractivity contribution is 7.99. The van der Waals surface area contributed by atoms with Crippen molar-refractivity contribution in [3.05, 3.63) is 15.6 Å². The van der Waals surface area contributed by atoms with Crippen LogP contribution in [-0.4, -0.2) is 16.0 Å². The molecule has 0 N–H and O–H groups in total. The molecule has 2 nitrogen and oxygen atoms in total. The smallest absolute Gasteiger partial charge is 0.182 e. The van der Waals surface area contributed by atoms with E-state index in [1.54, 1.807) is 11.3 Å². The van der Waals surface area contributed by atoms with Crippen LogP contribution < -0.4 is 0 Å². The second-order valence-electron chi connectivity index (χ2n) is 5.23. The molecule has 0 aliphatic heterocycles. The van der Waals surface area contributed by atoms with Crippen molar-refractivity contribution < 1.29 is 4.79 Å². The van der Waals surface area contributed by atoms with E-state index in [0.29, 0.717) is 6.42 Å². The van der Waals surface area contributed by atoms with Gasteiger partial charge in [0.2, 0.25) is 0 Å². The zero-order valence-corrected chi connectivity index (χ0v) is 12.2. The number of aromatic nitrogens is 1. The van der Waals surface area contributed by atoms with Crippen LogP contribution in [0.3, 0.4) is 0 Å². The van der Waals surface area contributed by atoms with Gasteiger partial charge in [-0.15, -0.1) is 11.3 Å². The van der Waals surface area contributed by atoms with Crippen molar-refractivity contribution in [3.63, 3.8) is 0 Å². The van der Waals surface area contributed by atoms with E-state index in [1.807, 2.05) is 0 Å². The van der Waals surface area contributed by atoms with E-state index in [9.17, 15) is 4.79 Å². The quantitative estimate of drug-likeness (QED) is 0.830. The van der Waals surface area contributed by atoms with Crippen LogP contribution in [0.2, 0.25) is 0 Å². The normalized spacial score (nSPS) is 21.0. The molecule has 98 valence electrons. The molecule has 1 aromatic heterocycles. The Bertz CT molecular complexity index is 435. The van der Waals surface area contributed by atoms with Crippen molar-refractivity contribution in [2.45, 2.75) is 62.4 Å². The second kappa shape index (κ2) is 5.74. The molecule has 18 heavy (non-hydrogen) atoms. The number of carbonyl (C=O) groups is 1. The van der Waals surface area contributed by atoms with Gasteiger partial charge < -0.3 is 0 Å². The molecule has 0 radical (unpaired) electrons. The molecular weight excluding hydrogens is 262 g/mol. The molecule has 0 atom stereocenters. The van der Waals surface area contributed by atoms with E-state index in [-0.39, 0.29) is 5.78 Å². The minimum atomic E-state index is 0.265. The lowest BCUT2D eigenvalue weighted by Gasteiger charge is -2.20. The van der Waals surface area contributed by atoms with Crippen LogP contribution in [0.15, 0.2) is 0 Å². The van der Waals surface area contributed by atoms with Crippen LogP contribution in [-0.2, 0) is 12.2 Å². The summed E-state index contributed by atoms with van der Waals surface area (Å²) in [7, 11) is 0. The second-order valence-corrected chi connectivity index (χ2v) is 7.68. The molecule has 3 rings (SSSR count). The number of thioether (sulfide) groups is 1. The van der Waals surface area contributed by atoms with Gasteiger partial charge >= 0.3 is 0 Å². The van der Waals surface area contributed by atoms with Gasteiger partial charge in [0.1, 0.15) is 10.7 Å². The number of Topliss-reactive ketones (excluding diaryl/α,β-unsaturated/α-hetero) is 1. The summed E-state index contributed by atoms with van der Waals surface area (Å²) in [6.45, 7) is 0. The van der Waals surface area contributed by atoms with Gasteiger partial charge in [-0.1, -0.05) is 19.3 Å². The van der Waals surface area contributed by atoms with Crippen LogP contribution in [0.5, 0.6) is 0 Å². The van der Waals surface area contributed by atoms with Gasteiger partial charge in [-0.3, -0.25) is 4.79 Å². The predicted octanol–water partition coefficient (Wildman–Crippen LogP) is 4.23. The third-order valence-electron chi connectivity index (χ3n) is 3.81. The number of ketones is 1. The number of rotatable bonds is 3. The number of hydrogen-bond donors (Lipinski definition) is 0. The maximum atomic E-state index is 11.7. The molecule has 0 amide bonds. The van der Waals surface area contributed by atoms with Crippen molar-refractivity contribution in [3.8, 4) is 0 Å². The first-order valence-corrected chi connectivity index (χ1v) is 8.83. The molecule has 1 fully saturated rings. The number of thiazole rings is 1. The largest absolute Gasteiger partial charge is 0.292 e. The lowest BCUT2D eigenvalue weighted by molar-refractivity contribution is 0.0968. The SMILES string of the molecule is O=C1CCCc2sc(CSC3CCCCC3)nc21. The van der Waals surface area contributed by atoms with Gasteiger partial charge in [0.15, 0.2) is 5.78 Å². The summed E-state index contributed by atoms with van der Waals surface area (Å²) in [6, 6.07) is 0. The molecular formula is C14H19NOS2. The van der Waals surface area contributed by atoms with Gasteiger partial charge in [-0.25, -0.2) is 4.98 Å². The summed E-state index contributed by atoms with van der Waals surface area (Å²) >= 11 is 3.83. The first-order valence-electron chi connectivity index (χ1n) is 6.96. The molecule has 2 aliphatic carbocycles. The fourth-order valence-corrected chi connectivity index (χ4v) is 5.27. The maximum Gasteiger partial charge on any atom is 0.182 e. The minimum absolute atomic E-state index is 0.265. The Balaban J connectivity index is 1.61. The molecule has 1 aromatic rings. The summed E-state index contributed by atoms with van der Waals surface area (Å²) in [6.07, 6.45) is 9.72. The zero-order chi connectivity index (χ0) is 12.4. The van der Waals surface area contributed by atoms with Gasteiger partial charge in [-0.2, -0.15) is 11.8 Å². The highest BCUT2D eigenvalue weighted by atomic mass is 32.2. The summed E-state index contributed by atoms with van der Waals surface area (Å²) in [5.74, 6) is 1.27. The average Bonchev–Trinajstić information content (AvgIpc) is 2.82. The number of hydrogen-bond acceptors (Lipinski definition) is 4. The molecule has 0 spiro atoms. The zero-order valence-electron chi connectivity index (χ0n) is 10.6. The number of carbonyl (C=O) groups excluding carboxylic acids is 1. The van der Waals surface area contributed by atoms with E-state index >= 15 is 0 Å². The monoisotopic (exact) mass is 281 g/mol. The molecule has 0 bridgehead atoms. The third-order valence-corrected chi connectivity index (χ3v) is 6.49. The molecule has 0 saturated heterocycles. The first-order chi connectivity index (χ1) is 8.83. The van der Waals surface area contributed by atoms with Crippen molar-refractivity contribution in [2.24, 2.45) is 0 Å². The van der Waals surface area contributed by atoms with Gasteiger partial charge in [-0.05, 0) is 25.7 Å². The highest BCUT2D eigenvalue weighted by Crippen LogP contribution is 2.33. The Kier molecular flexibility index (Phi) is 4.04. The van der Waals surface area contributed by atoms with Gasteiger partial charge in [0.25, 0.3) is 0 Å². The lowest BCUT2D eigenvalue weighted by atomic mass is 10.0. The Morgan fingerprint density at radius 1 is 1.17 bits per heavy atom. The van der Waals surface area contributed by atoms with Crippen LogP contribution in [0.25, 0.3) is 0 Å². The van der Waals surface area contributed by atoms with Crippen LogP contribution in [0.4, 0.5) is 0 Å². The van der Waals surface area contributed by atoms with E-state index < -0.39 is 0 Å². The van der Waals surface area contributed by atoms with Crippen molar-refractivity contribution in [2.75, 3.05) is 0 Å².